The van der Waals surface area contributed by atoms with Crippen molar-refractivity contribution in [2.75, 3.05) is 13.1 Å². The van der Waals surface area contributed by atoms with E-state index in [0.29, 0.717) is 33.5 Å². The molecule has 1 aromatic rings. The van der Waals surface area contributed by atoms with Crippen LogP contribution in [-0.2, 0) is 10.0 Å². The molecule has 2 fully saturated rings. The third-order valence-corrected chi connectivity index (χ3v) is 7.73. The molecule has 0 radical (unpaired) electrons. The molecule has 1 saturated carbocycles. The topological polar surface area (TPSA) is 63.4 Å². The monoisotopic (exact) mass is 320 g/mol. The molecule has 106 valence electrons. The number of hydrogen-bond acceptors (Lipinski definition) is 4. The summed E-state index contributed by atoms with van der Waals surface area (Å²) in [5.74, 6) is 0.902. The number of fused-ring (bicyclic) bond motifs is 1. The molecule has 0 amide bonds. The third-order valence-electron chi connectivity index (χ3n) is 4.20. The van der Waals surface area contributed by atoms with Gasteiger partial charge in [0.15, 0.2) is 0 Å². The molecule has 7 heteroatoms. The molecule has 1 unspecified atom stereocenters. The fourth-order valence-electron chi connectivity index (χ4n) is 3.18. The van der Waals surface area contributed by atoms with Crippen LogP contribution in [0.2, 0.25) is 4.34 Å². The third kappa shape index (κ3) is 2.56. The van der Waals surface area contributed by atoms with E-state index in [0.717, 1.165) is 30.6 Å². The Bertz CT molecular complexity index is 572. The maximum atomic E-state index is 12.5. The van der Waals surface area contributed by atoms with Crippen LogP contribution in [0, 0.1) is 11.8 Å². The lowest BCUT2D eigenvalue weighted by Gasteiger charge is -2.28. The fourth-order valence-corrected chi connectivity index (χ4v) is 6.38. The van der Waals surface area contributed by atoms with E-state index in [-0.39, 0.29) is 6.04 Å². The van der Waals surface area contributed by atoms with Gasteiger partial charge in [-0.05, 0) is 43.2 Å². The number of rotatable bonds is 2. The molecule has 0 bridgehead atoms. The highest BCUT2D eigenvalue weighted by atomic mass is 35.5. The summed E-state index contributed by atoms with van der Waals surface area (Å²) in [5, 5.41) is 0. The summed E-state index contributed by atoms with van der Waals surface area (Å²) in [6.07, 6.45) is 3.00. The first kappa shape index (κ1) is 13.8. The second-order valence-corrected chi connectivity index (χ2v) is 9.35. The van der Waals surface area contributed by atoms with Crippen molar-refractivity contribution < 1.29 is 8.42 Å². The van der Waals surface area contributed by atoms with E-state index >= 15 is 0 Å². The van der Waals surface area contributed by atoms with E-state index in [2.05, 4.69) is 0 Å². The van der Waals surface area contributed by atoms with Gasteiger partial charge >= 0.3 is 0 Å². The summed E-state index contributed by atoms with van der Waals surface area (Å²) >= 11 is 6.96. The van der Waals surface area contributed by atoms with Crippen molar-refractivity contribution in [3.63, 3.8) is 0 Å². The average Bonchev–Trinajstić information content (AvgIpc) is 2.95. The van der Waals surface area contributed by atoms with Crippen LogP contribution < -0.4 is 5.73 Å². The minimum absolute atomic E-state index is 0.236. The Hall–Kier alpha value is -0.140. The highest BCUT2D eigenvalue weighted by molar-refractivity contribution is 7.91. The second kappa shape index (κ2) is 5.00. The molecule has 1 saturated heterocycles. The van der Waals surface area contributed by atoms with Gasteiger partial charge in [-0.15, -0.1) is 11.3 Å². The minimum atomic E-state index is -3.37. The predicted octanol–water partition coefficient (Wildman–Crippen LogP) is 2.15. The van der Waals surface area contributed by atoms with Crippen LogP contribution in [0.5, 0.6) is 0 Å². The van der Waals surface area contributed by atoms with Crippen molar-refractivity contribution in [2.24, 2.45) is 17.6 Å². The zero-order chi connectivity index (χ0) is 13.6. The molecule has 0 aromatic carbocycles. The maximum Gasteiger partial charge on any atom is 0.252 e. The van der Waals surface area contributed by atoms with Crippen LogP contribution in [-0.4, -0.2) is 31.9 Å². The molecule has 4 nitrogen and oxygen atoms in total. The van der Waals surface area contributed by atoms with E-state index in [4.69, 9.17) is 17.3 Å². The van der Waals surface area contributed by atoms with Gasteiger partial charge < -0.3 is 5.73 Å². The van der Waals surface area contributed by atoms with Gasteiger partial charge in [-0.25, -0.2) is 8.42 Å². The van der Waals surface area contributed by atoms with Gasteiger partial charge in [-0.3, -0.25) is 0 Å². The largest absolute Gasteiger partial charge is 0.328 e. The van der Waals surface area contributed by atoms with E-state index in [9.17, 15) is 8.42 Å². The molecule has 1 aliphatic heterocycles. The normalized spacial score (nSPS) is 32.4. The number of nitrogens with zero attached hydrogens (tertiary/aromatic N) is 1. The fraction of sp³-hybridized carbons (Fsp3) is 0.667. The molecule has 19 heavy (non-hydrogen) atoms. The Balaban J connectivity index is 1.80. The second-order valence-electron chi connectivity index (χ2n) is 5.47. The number of thiophene rings is 1. The quantitative estimate of drug-likeness (QED) is 0.908. The van der Waals surface area contributed by atoms with Gasteiger partial charge in [0.2, 0.25) is 0 Å². The zero-order valence-electron chi connectivity index (χ0n) is 10.5. The Morgan fingerprint density at radius 1 is 1.26 bits per heavy atom. The molecular formula is C12H17ClN2O2S2. The molecule has 2 N–H and O–H groups in total. The van der Waals surface area contributed by atoms with Crippen LogP contribution in [0.25, 0.3) is 0 Å². The maximum absolute atomic E-state index is 12.5. The van der Waals surface area contributed by atoms with Gasteiger partial charge in [0, 0.05) is 19.1 Å². The molecule has 3 rings (SSSR count). The first-order valence-electron chi connectivity index (χ1n) is 6.48. The van der Waals surface area contributed by atoms with Gasteiger partial charge in [-0.2, -0.15) is 4.31 Å². The van der Waals surface area contributed by atoms with Crippen LogP contribution in [0.15, 0.2) is 16.3 Å². The summed E-state index contributed by atoms with van der Waals surface area (Å²) in [5.41, 5.74) is 5.98. The summed E-state index contributed by atoms with van der Waals surface area (Å²) in [4.78, 5) is 0. The van der Waals surface area contributed by atoms with E-state index in [1.165, 1.54) is 0 Å². The van der Waals surface area contributed by atoms with Crippen LogP contribution in [0.3, 0.4) is 0 Å². The van der Waals surface area contributed by atoms with Crippen LogP contribution in [0.1, 0.15) is 19.3 Å². The van der Waals surface area contributed by atoms with Crippen molar-refractivity contribution in [3.8, 4) is 0 Å². The molecule has 1 aliphatic carbocycles. The summed E-state index contributed by atoms with van der Waals surface area (Å²) in [6.45, 7) is 1.24. The van der Waals surface area contributed by atoms with Gasteiger partial charge in [0.1, 0.15) is 4.21 Å². The lowest BCUT2D eigenvalue weighted by molar-refractivity contribution is 0.271. The molecule has 2 aliphatic rings. The first-order chi connectivity index (χ1) is 8.96. The highest BCUT2D eigenvalue weighted by Gasteiger charge is 2.42. The van der Waals surface area contributed by atoms with Crippen LogP contribution in [0.4, 0.5) is 0 Å². The van der Waals surface area contributed by atoms with E-state index in [1.807, 2.05) is 0 Å². The minimum Gasteiger partial charge on any atom is -0.328 e. The van der Waals surface area contributed by atoms with Gasteiger partial charge in [0.05, 0.1) is 4.34 Å². The Labute approximate surface area is 122 Å². The summed E-state index contributed by atoms with van der Waals surface area (Å²) < 4.78 is 27.5. The van der Waals surface area contributed by atoms with Crippen molar-refractivity contribution in [2.45, 2.75) is 29.5 Å². The Morgan fingerprint density at radius 3 is 2.68 bits per heavy atom. The van der Waals surface area contributed by atoms with Crippen molar-refractivity contribution in [3.05, 3.63) is 16.5 Å². The van der Waals surface area contributed by atoms with Gasteiger partial charge in [-0.1, -0.05) is 11.6 Å². The Morgan fingerprint density at radius 2 is 2.00 bits per heavy atom. The van der Waals surface area contributed by atoms with Crippen molar-refractivity contribution >= 4 is 33.0 Å². The summed E-state index contributed by atoms with van der Waals surface area (Å²) in [6, 6.07) is 3.47. The van der Waals surface area contributed by atoms with Crippen molar-refractivity contribution in [1.82, 2.24) is 4.31 Å². The lowest BCUT2D eigenvalue weighted by atomic mass is 9.79. The molecule has 2 heterocycles. The molecule has 3 atom stereocenters. The zero-order valence-corrected chi connectivity index (χ0v) is 12.8. The first-order valence-corrected chi connectivity index (χ1v) is 9.11. The van der Waals surface area contributed by atoms with Crippen molar-refractivity contribution in [1.29, 1.82) is 0 Å². The molecule has 0 spiro atoms. The predicted molar refractivity (Wildman–Crippen MR) is 76.9 cm³/mol. The molecular weight excluding hydrogens is 304 g/mol. The molecule has 1 aromatic heterocycles. The Kier molecular flexibility index (Phi) is 3.64. The lowest BCUT2D eigenvalue weighted by Crippen LogP contribution is -2.32. The van der Waals surface area contributed by atoms with Gasteiger partial charge in [0.25, 0.3) is 10.0 Å². The number of halogens is 1. The van der Waals surface area contributed by atoms with E-state index < -0.39 is 10.0 Å². The average molecular weight is 321 g/mol. The SMILES string of the molecule is NC1CC[C@@H]2CN(S(=O)(=O)c3ccc(Cl)s3)C[C@@H]2C1. The number of sulfonamides is 1. The highest BCUT2D eigenvalue weighted by Crippen LogP contribution is 2.39. The smallest absolute Gasteiger partial charge is 0.252 e. The van der Waals surface area contributed by atoms with E-state index in [1.54, 1.807) is 16.4 Å². The standard InChI is InChI=1S/C12H17ClN2O2S2/c13-11-3-4-12(18-11)19(16,17)15-6-8-1-2-10(14)5-9(8)7-15/h3-4,8-10H,1-2,5-7,14H2/t8-,9+,10?/m1/s1. The summed E-state index contributed by atoms with van der Waals surface area (Å²) in [7, 11) is -3.37. The number of hydrogen-bond donors (Lipinski definition) is 1. The van der Waals surface area contributed by atoms with Crippen LogP contribution >= 0.6 is 22.9 Å². The number of nitrogens with two attached hydrogens (primary N) is 1.